The van der Waals surface area contributed by atoms with Crippen LogP contribution in [0.1, 0.15) is 53.2 Å². The topological polar surface area (TPSA) is 76.0 Å². The fraction of sp³-hybridized carbons (Fsp3) is 0.346. The Hall–Kier alpha value is -3.62. The minimum atomic E-state index is -4.54. The van der Waals surface area contributed by atoms with Gasteiger partial charge in [0.15, 0.2) is 0 Å². The van der Waals surface area contributed by atoms with Gasteiger partial charge in [-0.1, -0.05) is 31.2 Å². The minimum Gasteiger partial charge on any atom is -0.352 e. The summed E-state index contributed by atoms with van der Waals surface area (Å²) in [6.45, 7) is 5.97. The highest BCUT2D eigenvalue weighted by molar-refractivity contribution is 6.04. The number of hydrogen-bond donors (Lipinski definition) is 2. The van der Waals surface area contributed by atoms with Crippen LogP contribution in [0.15, 0.2) is 55.1 Å². The van der Waals surface area contributed by atoms with Gasteiger partial charge < -0.3 is 9.88 Å². The third kappa shape index (κ3) is 5.39. The lowest BCUT2D eigenvalue weighted by Crippen LogP contribution is -2.31. The van der Waals surface area contributed by atoms with Gasteiger partial charge in [-0.15, -0.1) is 0 Å². The van der Waals surface area contributed by atoms with Crippen LogP contribution in [0.4, 0.5) is 19.1 Å². The number of alkyl halides is 3. The molecule has 1 saturated carbocycles. The summed E-state index contributed by atoms with van der Waals surface area (Å²) in [7, 11) is 0. The zero-order chi connectivity index (χ0) is 25.2. The van der Waals surface area contributed by atoms with Crippen LogP contribution in [0, 0.1) is 12.8 Å². The van der Waals surface area contributed by atoms with Crippen molar-refractivity contribution < 1.29 is 22.8 Å². The molecule has 1 aliphatic carbocycles. The van der Waals surface area contributed by atoms with Crippen LogP contribution in [-0.4, -0.2) is 27.9 Å². The second-order valence-corrected chi connectivity index (χ2v) is 8.92. The van der Waals surface area contributed by atoms with Gasteiger partial charge in [-0.25, -0.2) is 4.98 Å². The highest BCUT2D eigenvalue weighted by atomic mass is 19.4. The Balaban J connectivity index is 1.65. The van der Waals surface area contributed by atoms with Crippen molar-refractivity contribution in [3.8, 4) is 0 Å². The van der Waals surface area contributed by atoms with E-state index in [4.69, 9.17) is 0 Å². The SMILES string of the molecule is C=CC(=O)NC[C@H]1CCCC(n2c(NC(=O)c3cccc(C(F)(F)F)c3)nc3cccc(C)c32)C1. The minimum absolute atomic E-state index is 0.0114. The van der Waals surface area contributed by atoms with Gasteiger partial charge in [-0.3, -0.25) is 14.9 Å². The zero-order valence-corrected chi connectivity index (χ0v) is 19.4. The third-order valence-electron chi connectivity index (χ3n) is 6.46. The number of fused-ring (bicyclic) bond motifs is 1. The Morgan fingerprint density at radius 3 is 2.71 bits per heavy atom. The summed E-state index contributed by atoms with van der Waals surface area (Å²) in [4.78, 5) is 29.2. The molecule has 1 unspecified atom stereocenters. The van der Waals surface area contributed by atoms with Crippen LogP contribution in [-0.2, 0) is 11.0 Å². The molecule has 2 atom stereocenters. The average Bonchev–Trinajstić information content (AvgIpc) is 3.21. The highest BCUT2D eigenvalue weighted by Gasteiger charge is 2.31. The number of rotatable bonds is 6. The lowest BCUT2D eigenvalue weighted by Gasteiger charge is -2.31. The van der Waals surface area contributed by atoms with Crippen LogP contribution in [0.5, 0.6) is 0 Å². The molecule has 0 aliphatic heterocycles. The Morgan fingerprint density at radius 1 is 1.20 bits per heavy atom. The van der Waals surface area contributed by atoms with Gasteiger partial charge >= 0.3 is 6.18 Å². The number of nitrogens with zero attached hydrogens (tertiary/aromatic N) is 2. The van der Waals surface area contributed by atoms with Crippen molar-refractivity contribution >= 4 is 28.8 Å². The number of aromatic nitrogens is 2. The van der Waals surface area contributed by atoms with E-state index in [2.05, 4.69) is 22.2 Å². The molecule has 0 radical (unpaired) electrons. The normalized spacial score (nSPS) is 18.3. The fourth-order valence-electron chi connectivity index (χ4n) is 4.77. The largest absolute Gasteiger partial charge is 0.416 e. The van der Waals surface area contributed by atoms with Crippen LogP contribution < -0.4 is 10.6 Å². The number of carbonyl (C=O) groups is 2. The maximum Gasteiger partial charge on any atom is 0.416 e. The average molecular weight is 485 g/mol. The van der Waals surface area contributed by atoms with E-state index >= 15 is 0 Å². The summed E-state index contributed by atoms with van der Waals surface area (Å²) < 4.78 is 41.4. The number of para-hydroxylation sites is 1. The van der Waals surface area contributed by atoms with E-state index in [1.54, 1.807) is 0 Å². The van der Waals surface area contributed by atoms with Crippen molar-refractivity contribution in [2.75, 3.05) is 11.9 Å². The fourth-order valence-corrected chi connectivity index (χ4v) is 4.77. The van der Waals surface area contributed by atoms with Gasteiger partial charge in [0.2, 0.25) is 11.9 Å². The van der Waals surface area contributed by atoms with Crippen LogP contribution in [0.25, 0.3) is 11.0 Å². The number of nitrogens with one attached hydrogen (secondary N) is 2. The van der Waals surface area contributed by atoms with E-state index in [0.717, 1.165) is 48.9 Å². The summed E-state index contributed by atoms with van der Waals surface area (Å²) >= 11 is 0. The second kappa shape index (κ2) is 9.93. The van der Waals surface area contributed by atoms with E-state index in [0.29, 0.717) is 18.0 Å². The first-order valence-electron chi connectivity index (χ1n) is 11.5. The highest BCUT2D eigenvalue weighted by Crippen LogP contribution is 2.38. The third-order valence-corrected chi connectivity index (χ3v) is 6.46. The Bertz CT molecular complexity index is 1270. The first kappa shape index (κ1) is 24.5. The maximum atomic E-state index is 13.1. The molecule has 4 rings (SSSR count). The number of hydrogen-bond acceptors (Lipinski definition) is 3. The molecule has 1 heterocycles. The summed E-state index contributed by atoms with van der Waals surface area (Å²) in [6, 6.07) is 10.0. The molecule has 9 heteroatoms. The van der Waals surface area contributed by atoms with Crippen molar-refractivity contribution in [1.82, 2.24) is 14.9 Å². The molecule has 6 nitrogen and oxygen atoms in total. The van der Waals surface area contributed by atoms with Gasteiger partial charge in [0, 0.05) is 18.2 Å². The molecule has 0 spiro atoms. The van der Waals surface area contributed by atoms with E-state index in [1.165, 1.54) is 18.2 Å². The standard InChI is InChI=1S/C26H27F3N4O2/c1-3-22(34)30-15-17-8-5-11-20(13-17)33-23-16(2)7-4-12-21(23)31-25(33)32-24(35)18-9-6-10-19(14-18)26(27,28)29/h3-4,6-7,9-10,12,14,17,20H,1,5,8,11,13,15H2,2H3,(H,30,34)(H,31,32,35)/t17-,20?/m0/s1. The van der Waals surface area contributed by atoms with Gasteiger partial charge in [0.1, 0.15) is 0 Å². The molecule has 0 bridgehead atoms. The molecular formula is C26H27F3N4O2. The Labute approximate surface area is 201 Å². The van der Waals surface area contributed by atoms with Crippen molar-refractivity contribution in [3.05, 3.63) is 71.8 Å². The quantitative estimate of drug-likeness (QED) is 0.444. The predicted octanol–water partition coefficient (Wildman–Crippen LogP) is 5.65. The van der Waals surface area contributed by atoms with E-state index in [9.17, 15) is 22.8 Å². The molecule has 1 fully saturated rings. The van der Waals surface area contributed by atoms with Crippen molar-refractivity contribution in [2.45, 2.75) is 44.8 Å². The lowest BCUT2D eigenvalue weighted by atomic mass is 9.85. The first-order chi connectivity index (χ1) is 16.7. The Morgan fingerprint density at radius 2 is 1.97 bits per heavy atom. The molecule has 3 aromatic rings. The molecule has 2 N–H and O–H groups in total. The predicted molar refractivity (Wildman–Crippen MR) is 128 cm³/mol. The monoisotopic (exact) mass is 484 g/mol. The molecule has 35 heavy (non-hydrogen) atoms. The molecule has 2 amide bonds. The summed E-state index contributed by atoms with van der Waals surface area (Å²) in [5.74, 6) is -0.329. The molecular weight excluding hydrogens is 457 g/mol. The molecule has 184 valence electrons. The molecule has 0 saturated heterocycles. The van der Waals surface area contributed by atoms with Crippen LogP contribution >= 0.6 is 0 Å². The number of aryl methyl sites for hydroxylation is 1. The first-order valence-corrected chi connectivity index (χ1v) is 11.5. The number of amides is 2. The van der Waals surface area contributed by atoms with E-state index in [1.807, 2.05) is 29.7 Å². The molecule has 2 aromatic carbocycles. The summed E-state index contributed by atoms with van der Waals surface area (Å²) in [5, 5.41) is 5.61. The smallest absolute Gasteiger partial charge is 0.352 e. The van der Waals surface area contributed by atoms with Gasteiger partial charge in [-0.2, -0.15) is 13.2 Å². The van der Waals surface area contributed by atoms with Gasteiger partial charge in [0.25, 0.3) is 5.91 Å². The Kier molecular flexibility index (Phi) is 6.95. The summed E-state index contributed by atoms with van der Waals surface area (Å²) in [5.41, 5.74) is 1.59. The summed E-state index contributed by atoms with van der Waals surface area (Å²) in [6.07, 6.45) is 0.228. The van der Waals surface area contributed by atoms with E-state index < -0.39 is 17.6 Å². The van der Waals surface area contributed by atoms with Crippen LogP contribution in [0.2, 0.25) is 0 Å². The van der Waals surface area contributed by atoms with Crippen molar-refractivity contribution in [1.29, 1.82) is 0 Å². The molecule has 1 aromatic heterocycles. The van der Waals surface area contributed by atoms with Gasteiger partial charge in [0.05, 0.1) is 16.6 Å². The number of halogens is 3. The number of imidazole rings is 1. The van der Waals surface area contributed by atoms with Gasteiger partial charge in [-0.05, 0) is 68.0 Å². The van der Waals surface area contributed by atoms with E-state index in [-0.39, 0.29) is 23.4 Å². The second-order valence-electron chi connectivity index (χ2n) is 8.92. The number of benzene rings is 2. The number of carbonyl (C=O) groups excluding carboxylic acids is 2. The van der Waals surface area contributed by atoms with Crippen LogP contribution in [0.3, 0.4) is 0 Å². The van der Waals surface area contributed by atoms with Crippen molar-refractivity contribution in [2.24, 2.45) is 5.92 Å². The number of anilines is 1. The lowest BCUT2D eigenvalue weighted by molar-refractivity contribution is -0.137. The maximum absolute atomic E-state index is 13.1. The zero-order valence-electron chi connectivity index (χ0n) is 19.4. The van der Waals surface area contributed by atoms with Crippen molar-refractivity contribution in [3.63, 3.8) is 0 Å². The molecule has 1 aliphatic rings.